The minimum Gasteiger partial charge on any atom is -0.456 e. The van der Waals surface area contributed by atoms with Crippen LogP contribution in [0, 0.1) is 10.1 Å². The molecule has 2 heterocycles. The quantitative estimate of drug-likeness (QED) is 0.129. The maximum absolute atomic E-state index is 13.6. The molecule has 1 amide bonds. The molecule has 0 spiro atoms. The van der Waals surface area contributed by atoms with Gasteiger partial charge in [0.1, 0.15) is 11.5 Å². The number of halogens is 1. The second-order valence-electron chi connectivity index (χ2n) is 8.81. The lowest BCUT2D eigenvalue weighted by molar-refractivity contribution is -0.384. The fourth-order valence-electron chi connectivity index (χ4n) is 4.14. The van der Waals surface area contributed by atoms with Crippen molar-refractivity contribution in [1.29, 1.82) is 0 Å². The van der Waals surface area contributed by atoms with Gasteiger partial charge in [-0.25, -0.2) is 4.99 Å². The van der Waals surface area contributed by atoms with E-state index in [0.717, 1.165) is 18.5 Å². The maximum Gasteiger partial charge on any atom is 0.281 e. The van der Waals surface area contributed by atoms with E-state index in [-0.39, 0.29) is 16.6 Å². The fraction of sp³-hybridized carbons (Fsp3) is 0.133. The van der Waals surface area contributed by atoms with Gasteiger partial charge in [0.2, 0.25) is 0 Å². The van der Waals surface area contributed by atoms with Crippen molar-refractivity contribution in [3.63, 3.8) is 0 Å². The molecule has 1 aromatic heterocycles. The van der Waals surface area contributed by atoms with E-state index in [1.165, 1.54) is 29.0 Å². The molecule has 5 rings (SSSR count). The highest BCUT2D eigenvalue weighted by atomic mass is 35.5. The van der Waals surface area contributed by atoms with Crippen LogP contribution >= 0.6 is 23.4 Å². The number of aryl methyl sites for hydroxylation is 2. The van der Waals surface area contributed by atoms with Gasteiger partial charge in [-0.3, -0.25) is 19.8 Å². The first kappa shape index (κ1) is 26.5. The molecule has 0 unspecified atom stereocenters. The Morgan fingerprint density at radius 3 is 2.28 bits per heavy atom. The lowest BCUT2D eigenvalue weighted by atomic mass is 10.1. The number of nitrogens with zero attached hydrogens (tertiary/aromatic N) is 3. The molecule has 1 saturated heterocycles. The van der Waals surface area contributed by atoms with Gasteiger partial charge in [-0.05, 0) is 84.3 Å². The summed E-state index contributed by atoms with van der Waals surface area (Å²) in [7, 11) is 0. The topological polar surface area (TPSA) is 89.0 Å². The van der Waals surface area contributed by atoms with E-state index in [4.69, 9.17) is 21.0 Å². The monoisotopic (exact) mass is 557 g/mol. The molecule has 39 heavy (non-hydrogen) atoms. The number of benzene rings is 3. The summed E-state index contributed by atoms with van der Waals surface area (Å²) in [5.41, 5.74) is 3.98. The van der Waals surface area contributed by atoms with Crippen molar-refractivity contribution in [1.82, 2.24) is 0 Å². The summed E-state index contributed by atoms with van der Waals surface area (Å²) in [6, 6.07) is 23.5. The van der Waals surface area contributed by atoms with Crippen molar-refractivity contribution in [2.45, 2.75) is 26.7 Å². The molecule has 0 atom stereocenters. The lowest BCUT2D eigenvalue weighted by Gasteiger charge is -2.16. The van der Waals surface area contributed by atoms with Crippen LogP contribution in [0.15, 0.2) is 93.2 Å². The Kier molecular flexibility index (Phi) is 7.67. The third kappa shape index (κ3) is 5.67. The molecule has 196 valence electrons. The first-order chi connectivity index (χ1) is 18.9. The molecule has 1 fully saturated rings. The Hall–Kier alpha value is -4.14. The van der Waals surface area contributed by atoms with Gasteiger partial charge in [0.15, 0.2) is 5.17 Å². The van der Waals surface area contributed by atoms with E-state index in [2.05, 4.69) is 13.8 Å². The van der Waals surface area contributed by atoms with Gasteiger partial charge in [-0.15, -0.1) is 0 Å². The Morgan fingerprint density at radius 2 is 1.64 bits per heavy atom. The number of anilines is 1. The summed E-state index contributed by atoms with van der Waals surface area (Å²) in [5.74, 6) is 0.459. The van der Waals surface area contributed by atoms with Gasteiger partial charge in [0.25, 0.3) is 11.6 Å². The Labute approximate surface area is 235 Å². The largest absolute Gasteiger partial charge is 0.456 e. The first-order valence-corrected chi connectivity index (χ1v) is 13.6. The number of hydrogen-bond donors (Lipinski definition) is 0. The standard InChI is InChI=1S/C30H24ClN3O4S/c1-3-19-5-10-22(11-6-19)32-30-33(23-12-7-20(4-2)8-13-23)29(35)28(39-30)18-24-14-16-27(38-24)25-15-9-21(31)17-26(25)34(36)37/h5-18H,3-4H2,1-2H3/b28-18-,32-30?. The Balaban J connectivity index is 1.51. The Morgan fingerprint density at radius 1 is 0.974 bits per heavy atom. The van der Waals surface area contributed by atoms with Gasteiger partial charge in [0, 0.05) is 17.2 Å². The summed E-state index contributed by atoms with van der Waals surface area (Å²) < 4.78 is 5.91. The first-order valence-electron chi connectivity index (χ1n) is 12.4. The zero-order valence-corrected chi connectivity index (χ0v) is 22.8. The molecule has 4 aromatic rings. The average molecular weight is 558 g/mol. The second-order valence-corrected chi connectivity index (χ2v) is 10.3. The lowest BCUT2D eigenvalue weighted by Crippen LogP contribution is -2.28. The normalized spacial score (nSPS) is 15.5. The number of nitro benzene ring substituents is 1. The van der Waals surface area contributed by atoms with Crippen molar-refractivity contribution in [2.24, 2.45) is 4.99 Å². The van der Waals surface area contributed by atoms with Gasteiger partial charge in [-0.1, -0.05) is 49.7 Å². The van der Waals surface area contributed by atoms with Crippen molar-refractivity contribution in [2.75, 3.05) is 4.90 Å². The van der Waals surface area contributed by atoms with Crippen LogP contribution in [0.5, 0.6) is 0 Å². The highest BCUT2D eigenvalue weighted by Crippen LogP contribution is 2.39. The van der Waals surface area contributed by atoms with Crippen LogP contribution in [0.25, 0.3) is 17.4 Å². The molecule has 0 saturated carbocycles. The molecule has 3 aromatic carbocycles. The molecular weight excluding hydrogens is 534 g/mol. The van der Waals surface area contributed by atoms with E-state index in [1.54, 1.807) is 35.2 Å². The predicted molar refractivity (Wildman–Crippen MR) is 158 cm³/mol. The SMILES string of the molecule is CCc1ccc(N=C2S/C(=C\c3ccc(-c4ccc(Cl)cc4[N+](=O)[O-])o3)C(=O)N2c2ccc(CC)cc2)cc1. The van der Waals surface area contributed by atoms with E-state index in [9.17, 15) is 14.9 Å². The average Bonchev–Trinajstić information content (AvgIpc) is 3.53. The van der Waals surface area contributed by atoms with E-state index < -0.39 is 4.92 Å². The molecule has 0 radical (unpaired) electrons. The number of nitro groups is 1. The number of aliphatic imine (C=N–C) groups is 1. The van der Waals surface area contributed by atoms with Gasteiger partial charge in [0.05, 0.1) is 26.8 Å². The summed E-state index contributed by atoms with van der Waals surface area (Å²) in [6.07, 6.45) is 3.46. The second kappa shape index (κ2) is 11.3. The van der Waals surface area contributed by atoms with Crippen LogP contribution in [0.4, 0.5) is 17.1 Å². The Bertz CT molecular complexity index is 1610. The molecule has 0 N–H and O–H groups in total. The minimum absolute atomic E-state index is 0.160. The number of hydrogen-bond acceptors (Lipinski definition) is 6. The third-order valence-electron chi connectivity index (χ3n) is 6.30. The van der Waals surface area contributed by atoms with Gasteiger partial charge < -0.3 is 4.42 Å². The number of thioether (sulfide) groups is 1. The van der Waals surface area contributed by atoms with Crippen molar-refractivity contribution in [3.8, 4) is 11.3 Å². The van der Waals surface area contributed by atoms with Crippen LogP contribution in [-0.2, 0) is 17.6 Å². The molecule has 0 aliphatic carbocycles. The van der Waals surface area contributed by atoms with Crippen LogP contribution in [0.1, 0.15) is 30.7 Å². The number of carbonyl (C=O) groups is 1. The fourth-order valence-corrected chi connectivity index (χ4v) is 5.29. The zero-order valence-electron chi connectivity index (χ0n) is 21.3. The maximum atomic E-state index is 13.6. The summed E-state index contributed by atoms with van der Waals surface area (Å²) in [6.45, 7) is 4.17. The summed E-state index contributed by atoms with van der Waals surface area (Å²) in [5, 5.41) is 12.3. The number of furan rings is 1. The van der Waals surface area contributed by atoms with Crippen molar-refractivity contribution >= 4 is 57.6 Å². The van der Waals surface area contributed by atoms with Crippen molar-refractivity contribution in [3.05, 3.63) is 116 Å². The predicted octanol–water partition coefficient (Wildman–Crippen LogP) is 8.44. The number of amides is 1. The summed E-state index contributed by atoms with van der Waals surface area (Å²) >= 11 is 7.20. The zero-order chi connectivity index (χ0) is 27.5. The minimum atomic E-state index is -0.504. The number of rotatable bonds is 7. The van der Waals surface area contributed by atoms with Crippen LogP contribution in [0.3, 0.4) is 0 Å². The third-order valence-corrected chi connectivity index (χ3v) is 7.50. The van der Waals surface area contributed by atoms with Crippen molar-refractivity contribution < 1.29 is 14.1 Å². The summed E-state index contributed by atoms with van der Waals surface area (Å²) in [4.78, 5) is 31.5. The highest BCUT2D eigenvalue weighted by Gasteiger charge is 2.35. The number of carbonyl (C=O) groups excluding carboxylic acids is 1. The van der Waals surface area contributed by atoms with E-state index in [1.807, 2.05) is 48.5 Å². The van der Waals surface area contributed by atoms with Gasteiger partial charge in [-0.2, -0.15) is 0 Å². The molecular formula is C30H24ClN3O4S. The molecule has 7 nitrogen and oxygen atoms in total. The number of amidine groups is 1. The van der Waals surface area contributed by atoms with Crippen LogP contribution in [-0.4, -0.2) is 16.0 Å². The molecule has 0 bridgehead atoms. The molecule has 9 heteroatoms. The highest BCUT2D eigenvalue weighted by molar-refractivity contribution is 8.19. The van der Waals surface area contributed by atoms with Crippen LogP contribution < -0.4 is 4.90 Å². The van der Waals surface area contributed by atoms with Crippen LogP contribution in [0.2, 0.25) is 5.02 Å². The smallest absolute Gasteiger partial charge is 0.281 e. The molecule has 1 aliphatic heterocycles. The molecule has 1 aliphatic rings. The van der Waals surface area contributed by atoms with Gasteiger partial charge >= 0.3 is 0 Å². The van der Waals surface area contributed by atoms with E-state index >= 15 is 0 Å². The van der Waals surface area contributed by atoms with E-state index in [0.29, 0.717) is 32.8 Å².